The molecule has 1 N–H and O–H groups in total. The normalized spacial score (nSPS) is 10.5. The number of aromatic amines is 1. The van der Waals surface area contributed by atoms with Crippen LogP contribution in [0.3, 0.4) is 0 Å². The van der Waals surface area contributed by atoms with Gasteiger partial charge < -0.3 is 9.72 Å². The van der Waals surface area contributed by atoms with Gasteiger partial charge in [0, 0.05) is 16.6 Å². The topological polar surface area (TPSA) is 25.0 Å². The predicted octanol–water partition coefficient (Wildman–Crippen LogP) is 2.36. The van der Waals surface area contributed by atoms with Gasteiger partial charge in [-0.15, -0.1) is 0 Å². The third-order valence-corrected chi connectivity index (χ3v) is 1.88. The van der Waals surface area contributed by atoms with E-state index in [1.807, 2.05) is 24.3 Å². The minimum absolute atomic E-state index is 0.876. The first-order valence-electron chi connectivity index (χ1n) is 3.78. The van der Waals surface area contributed by atoms with Gasteiger partial charge in [0.2, 0.25) is 0 Å². The molecule has 0 bridgehead atoms. The maximum atomic E-state index is 5.10. The van der Waals surface area contributed by atoms with Crippen molar-refractivity contribution >= 4 is 10.9 Å². The highest BCUT2D eigenvalue weighted by Gasteiger charge is 1.97. The first kappa shape index (κ1) is 7.22. The molecule has 0 aliphatic rings. The van der Waals surface area contributed by atoms with Crippen LogP contribution in [0.4, 0.5) is 0 Å². The highest BCUT2D eigenvalue weighted by Crippen LogP contribution is 2.20. The summed E-state index contributed by atoms with van der Waals surface area (Å²) in [6, 6.07) is 7.90. The van der Waals surface area contributed by atoms with E-state index in [1.54, 1.807) is 7.11 Å². The maximum Gasteiger partial charge on any atom is 0.119 e. The molecule has 0 spiro atoms. The molecule has 1 aromatic heterocycles. The lowest BCUT2D eigenvalue weighted by Crippen LogP contribution is -1.80. The number of aromatic nitrogens is 1. The Hall–Kier alpha value is -1.44. The van der Waals surface area contributed by atoms with E-state index in [0.717, 1.165) is 22.3 Å². The average molecular weight is 160 g/mol. The van der Waals surface area contributed by atoms with E-state index in [1.165, 1.54) is 0 Å². The zero-order valence-corrected chi connectivity index (χ0v) is 6.92. The first-order valence-corrected chi connectivity index (χ1v) is 3.78. The molecule has 0 atom stereocenters. The minimum Gasteiger partial charge on any atom is -0.497 e. The van der Waals surface area contributed by atoms with E-state index < -0.39 is 0 Å². The molecular weight excluding hydrogens is 150 g/mol. The van der Waals surface area contributed by atoms with Gasteiger partial charge in [-0.25, -0.2) is 0 Å². The molecule has 1 radical (unpaired) electrons. The molecule has 0 aliphatic carbocycles. The number of H-pyrrole nitrogens is 1. The summed E-state index contributed by atoms with van der Waals surface area (Å²) in [4.78, 5) is 3.14. The molecule has 0 amide bonds. The van der Waals surface area contributed by atoms with Gasteiger partial charge in [0.1, 0.15) is 5.75 Å². The molecule has 2 heteroatoms. The summed E-state index contributed by atoms with van der Waals surface area (Å²) >= 11 is 0. The zero-order valence-electron chi connectivity index (χ0n) is 6.92. The Kier molecular flexibility index (Phi) is 1.54. The van der Waals surface area contributed by atoms with Crippen molar-refractivity contribution in [3.05, 3.63) is 36.9 Å². The molecule has 61 valence electrons. The molecule has 1 heterocycles. The van der Waals surface area contributed by atoms with Crippen LogP contribution in [0.2, 0.25) is 0 Å². The van der Waals surface area contributed by atoms with Gasteiger partial charge in [0.15, 0.2) is 0 Å². The van der Waals surface area contributed by atoms with Crippen molar-refractivity contribution in [2.24, 2.45) is 0 Å². The van der Waals surface area contributed by atoms with Crippen molar-refractivity contribution in [3.63, 3.8) is 0 Å². The largest absolute Gasteiger partial charge is 0.497 e. The molecule has 12 heavy (non-hydrogen) atoms. The summed E-state index contributed by atoms with van der Waals surface area (Å²) in [7, 11) is 1.67. The number of hydrogen-bond donors (Lipinski definition) is 1. The Balaban J connectivity index is 2.66. The molecule has 0 saturated heterocycles. The fourth-order valence-corrected chi connectivity index (χ4v) is 1.30. The minimum atomic E-state index is 0.876. The van der Waals surface area contributed by atoms with Gasteiger partial charge >= 0.3 is 0 Å². The molecule has 2 rings (SSSR count). The molecule has 0 fully saturated rings. The van der Waals surface area contributed by atoms with Crippen LogP contribution in [0.1, 0.15) is 5.69 Å². The van der Waals surface area contributed by atoms with Crippen LogP contribution in [-0.2, 0) is 0 Å². The summed E-state index contributed by atoms with van der Waals surface area (Å²) in [6.45, 7) is 3.82. The first-order chi connectivity index (χ1) is 5.79. The van der Waals surface area contributed by atoms with Crippen molar-refractivity contribution < 1.29 is 4.74 Å². The third kappa shape index (κ3) is 1.05. The van der Waals surface area contributed by atoms with E-state index in [2.05, 4.69) is 11.9 Å². The van der Waals surface area contributed by atoms with Gasteiger partial charge in [-0.3, -0.25) is 0 Å². The second-order valence-corrected chi connectivity index (χ2v) is 2.75. The van der Waals surface area contributed by atoms with Crippen LogP contribution in [0.15, 0.2) is 24.3 Å². The Morgan fingerprint density at radius 3 is 2.92 bits per heavy atom. The van der Waals surface area contributed by atoms with E-state index in [9.17, 15) is 0 Å². The number of rotatable bonds is 1. The van der Waals surface area contributed by atoms with E-state index >= 15 is 0 Å². The second-order valence-electron chi connectivity index (χ2n) is 2.75. The van der Waals surface area contributed by atoms with E-state index in [4.69, 9.17) is 4.74 Å². The summed E-state index contributed by atoms with van der Waals surface area (Å²) < 4.78 is 5.10. The van der Waals surface area contributed by atoms with Crippen molar-refractivity contribution in [3.8, 4) is 5.75 Å². The van der Waals surface area contributed by atoms with Crippen molar-refractivity contribution in [1.82, 2.24) is 4.98 Å². The highest BCUT2D eigenvalue weighted by atomic mass is 16.5. The molecule has 1 aromatic carbocycles. The summed E-state index contributed by atoms with van der Waals surface area (Å²) in [5, 5.41) is 1.14. The smallest absolute Gasteiger partial charge is 0.119 e. The fraction of sp³-hybridized carbons (Fsp3) is 0.100. The third-order valence-electron chi connectivity index (χ3n) is 1.88. The molecular formula is C10H10NO. The number of fused-ring (bicyclic) bond motifs is 1. The van der Waals surface area contributed by atoms with Gasteiger partial charge in [-0.1, -0.05) is 0 Å². The van der Waals surface area contributed by atoms with Crippen LogP contribution < -0.4 is 4.74 Å². The molecule has 2 nitrogen and oxygen atoms in total. The van der Waals surface area contributed by atoms with Crippen LogP contribution in [0.25, 0.3) is 10.9 Å². The predicted molar refractivity (Wildman–Crippen MR) is 49.3 cm³/mol. The van der Waals surface area contributed by atoms with Gasteiger partial charge in [-0.2, -0.15) is 0 Å². The van der Waals surface area contributed by atoms with Crippen molar-refractivity contribution in [2.75, 3.05) is 7.11 Å². The monoisotopic (exact) mass is 160 g/mol. The van der Waals surface area contributed by atoms with Crippen LogP contribution in [0.5, 0.6) is 5.75 Å². The highest BCUT2D eigenvalue weighted by molar-refractivity contribution is 5.82. The Morgan fingerprint density at radius 1 is 1.33 bits per heavy atom. The van der Waals surface area contributed by atoms with Crippen LogP contribution in [0, 0.1) is 6.92 Å². The summed E-state index contributed by atoms with van der Waals surface area (Å²) in [6.07, 6.45) is 0. The number of nitrogens with one attached hydrogen (secondary N) is 1. The number of methoxy groups -OCH3 is 1. The van der Waals surface area contributed by atoms with Crippen molar-refractivity contribution in [2.45, 2.75) is 0 Å². The quantitative estimate of drug-likeness (QED) is 0.680. The molecule has 0 aliphatic heterocycles. The Bertz CT molecular complexity index is 403. The fourth-order valence-electron chi connectivity index (χ4n) is 1.30. The zero-order chi connectivity index (χ0) is 8.55. The Morgan fingerprint density at radius 2 is 2.17 bits per heavy atom. The van der Waals surface area contributed by atoms with Gasteiger partial charge in [0.05, 0.1) is 7.11 Å². The molecule has 0 saturated carbocycles. The number of ether oxygens (including phenoxy) is 1. The standard InChI is InChI=1S/C10H10NO/c1-7-5-8-6-9(12-2)3-4-10(8)11-7/h3-6,11H,1H2,2H3. The number of benzene rings is 1. The molecule has 2 aromatic rings. The van der Waals surface area contributed by atoms with Gasteiger partial charge in [0.25, 0.3) is 0 Å². The van der Waals surface area contributed by atoms with E-state index in [-0.39, 0.29) is 0 Å². The van der Waals surface area contributed by atoms with E-state index in [0.29, 0.717) is 0 Å². The second kappa shape index (κ2) is 2.55. The van der Waals surface area contributed by atoms with Crippen LogP contribution >= 0.6 is 0 Å². The van der Waals surface area contributed by atoms with Crippen LogP contribution in [-0.4, -0.2) is 12.1 Å². The lowest BCUT2D eigenvalue weighted by molar-refractivity contribution is 0.415. The van der Waals surface area contributed by atoms with Gasteiger partial charge in [-0.05, 0) is 31.2 Å². The lowest BCUT2D eigenvalue weighted by atomic mass is 10.2. The SMILES string of the molecule is [CH2]c1cc2cc(OC)ccc2[nH]1. The average Bonchev–Trinajstić information content (AvgIpc) is 2.43. The Labute approximate surface area is 71.2 Å². The lowest BCUT2D eigenvalue weighted by Gasteiger charge is -1.97. The van der Waals surface area contributed by atoms with Crippen molar-refractivity contribution in [1.29, 1.82) is 0 Å². The summed E-state index contributed by atoms with van der Waals surface area (Å²) in [5.41, 5.74) is 2.03. The summed E-state index contributed by atoms with van der Waals surface area (Å²) in [5.74, 6) is 0.876. The maximum absolute atomic E-state index is 5.10. The molecule has 0 unspecified atom stereocenters. The number of hydrogen-bond acceptors (Lipinski definition) is 1.